The molecule has 3 heterocycles. The first-order valence-corrected chi connectivity index (χ1v) is 11.7. The van der Waals surface area contributed by atoms with Gasteiger partial charge in [-0.3, -0.25) is 3.97 Å². The van der Waals surface area contributed by atoms with E-state index >= 15 is 0 Å². The van der Waals surface area contributed by atoms with Crippen molar-refractivity contribution < 1.29 is 14.9 Å². The number of aliphatic imine (C=N–C) groups is 1. The fourth-order valence-corrected chi connectivity index (χ4v) is 5.83. The van der Waals surface area contributed by atoms with Crippen LogP contribution in [0.5, 0.6) is 5.75 Å². The Morgan fingerprint density at radius 3 is 2.74 bits per heavy atom. The van der Waals surface area contributed by atoms with Gasteiger partial charge in [0.05, 0.1) is 35.3 Å². The molecule has 0 spiro atoms. The maximum atomic E-state index is 11.1. The molecule has 9 nitrogen and oxygen atoms in total. The normalized spacial score (nSPS) is 20.4. The summed E-state index contributed by atoms with van der Waals surface area (Å²) >= 11 is -1.08. The first-order valence-electron chi connectivity index (χ1n) is 10.4. The van der Waals surface area contributed by atoms with Crippen LogP contribution in [0.3, 0.4) is 0 Å². The molecule has 5 rings (SSSR count). The number of hydrogen-bond donors (Lipinski definition) is 3. The third kappa shape index (κ3) is 4.23. The van der Waals surface area contributed by atoms with Crippen molar-refractivity contribution in [2.24, 2.45) is 10.9 Å². The maximum Gasteiger partial charge on any atom is 0.162 e. The number of nitrogens with zero attached hydrogens (tertiary/aromatic N) is 6. The third-order valence-corrected chi connectivity index (χ3v) is 7.77. The minimum absolute atomic E-state index is 0.438. The number of benzene rings is 1. The Morgan fingerprint density at radius 1 is 1.26 bits per heavy atom. The summed E-state index contributed by atoms with van der Waals surface area (Å²) in [5, 5.41) is 30.4. The molecule has 1 aliphatic heterocycles. The molecular formula is C21H26N6O3S. The van der Waals surface area contributed by atoms with Crippen molar-refractivity contribution in [3.05, 3.63) is 48.7 Å². The lowest BCUT2D eigenvalue weighted by Crippen LogP contribution is -2.21. The summed E-state index contributed by atoms with van der Waals surface area (Å²) in [6, 6.07) is 7.48. The van der Waals surface area contributed by atoms with Gasteiger partial charge in [0.1, 0.15) is 23.2 Å². The highest BCUT2D eigenvalue weighted by molar-refractivity contribution is 8.29. The summed E-state index contributed by atoms with van der Waals surface area (Å²) in [7, 11) is 0. The molecule has 0 amide bonds. The number of rotatable bonds is 8. The SMILES string of the molecule is CC(C)(O)CCOc1ccc(-n2cc(C(O)[SH]3C(C4CC4)=Nc4cncn43)nn2)cc1. The Morgan fingerprint density at radius 2 is 2.03 bits per heavy atom. The van der Waals surface area contributed by atoms with Crippen molar-refractivity contribution in [2.75, 3.05) is 6.61 Å². The minimum Gasteiger partial charge on any atom is -0.493 e. The standard InChI is InChI=1S/C21H26N6O3S/c1-21(2,29)9-10-30-16-7-5-15(6-8-16)26-12-17(24-25-26)20(28)31-19(14-3-4-14)23-18-11-22-13-27(18)31/h5-8,11-14,20,28-29,31H,3-4,9-10H2,1-2H3. The maximum absolute atomic E-state index is 11.1. The largest absolute Gasteiger partial charge is 0.493 e. The summed E-state index contributed by atoms with van der Waals surface area (Å²) in [4.78, 5) is 8.89. The number of imidazole rings is 1. The number of aliphatic hydroxyl groups excluding tert-OH is 1. The van der Waals surface area contributed by atoms with Gasteiger partial charge in [-0.15, -0.1) is 5.10 Å². The molecule has 1 aromatic carbocycles. The van der Waals surface area contributed by atoms with Crippen LogP contribution in [-0.4, -0.2) is 51.4 Å². The van der Waals surface area contributed by atoms with Crippen LogP contribution < -0.4 is 4.74 Å². The summed E-state index contributed by atoms with van der Waals surface area (Å²) < 4.78 is 9.31. The highest BCUT2D eigenvalue weighted by Crippen LogP contribution is 2.55. The fourth-order valence-electron chi connectivity index (χ4n) is 3.43. The van der Waals surface area contributed by atoms with E-state index in [1.54, 1.807) is 37.3 Å². The third-order valence-electron chi connectivity index (χ3n) is 5.33. The average Bonchev–Trinajstić information content (AvgIpc) is 3.13. The topological polar surface area (TPSA) is 111 Å². The first-order chi connectivity index (χ1) is 14.9. The lowest BCUT2D eigenvalue weighted by molar-refractivity contribution is 0.0553. The Labute approximate surface area is 182 Å². The number of ether oxygens (including phenoxy) is 1. The summed E-state index contributed by atoms with van der Waals surface area (Å²) in [6.45, 7) is 3.96. The zero-order chi connectivity index (χ0) is 21.6. The van der Waals surface area contributed by atoms with Crippen LogP contribution in [0.2, 0.25) is 0 Å². The van der Waals surface area contributed by atoms with E-state index in [-0.39, 0.29) is 0 Å². The summed E-state index contributed by atoms with van der Waals surface area (Å²) in [5.41, 5.74) is -0.200. The van der Waals surface area contributed by atoms with Crippen molar-refractivity contribution in [1.82, 2.24) is 24.0 Å². The van der Waals surface area contributed by atoms with Crippen LogP contribution in [0, 0.1) is 5.92 Å². The van der Waals surface area contributed by atoms with Gasteiger partial charge in [-0.1, -0.05) is 16.3 Å². The van der Waals surface area contributed by atoms with Crippen LogP contribution in [0.15, 0.2) is 48.0 Å². The molecule has 3 aromatic rings. The number of hydrogen-bond acceptors (Lipinski definition) is 7. The minimum atomic E-state index is -1.08. The molecule has 1 fully saturated rings. The van der Waals surface area contributed by atoms with E-state index in [9.17, 15) is 10.2 Å². The van der Waals surface area contributed by atoms with Crippen molar-refractivity contribution in [1.29, 1.82) is 0 Å². The predicted molar refractivity (Wildman–Crippen MR) is 119 cm³/mol. The van der Waals surface area contributed by atoms with Crippen LogP contribution in [0.1, 0.15) is 44.2 Å². The van der Waals surface area contributed by atoms with Gasteiger partial charge in [0.2, 0.25) is 0 Å². The second-order valence-electron chi connectivity index (χ2n) is 8.55. The van der Waals surface area contributed by atoms with E-state index in [1.165, 1.54) is 0 Å². The van der Waals surface area contributed by atoms with Gasteiger partial charge in [-0.05, 0) is 51.0 Å². The Kier molecular flexibility index (Phi) is 5.07. The average molecular weight is 443 g/mol. The second kappa shape index (κ2) is 7.77. The number of fused-ring (bicyclic) bond motifs is 1. The van der Waals surface area contributed by atoms with Crippen LogP contribution in [0.25, 0.3) is 5.69 Å². The first kappa shape index (κ1) is 20.2. The molecule has 2 aliphatic rings. The van der Waals surface area contributed by atoms with Crippen molar-refractivity contribution in [3.8, 4) is 11.4 Å². The Bertz CT molecular complexity index is 1100. The van der Waals surface area contributed by atoms with E-state index < -0.39 is 22.1 Å². The molecule has 0 bridgehead atoms. The highest BCUT2D eigenvalue weighted by Gasteiger charge is 2.40. The van der Waals surface area contributed by atoms with Gasteiger partial charge < -0.3 is 14.9 Å². The molecule has 0 saturated heterocycles. The molecule has 1 aliphatic carbocycles. The van der Waals surface area contributed by atoms with Gasteiger partial charge in [0, 0.05) is 12.3 Å². The van der Waals surface area contributed by atoms with Gasteiger partial charge in [0.15, 0.2) is 5.82 Å². The van der Waals surface area contributed by atoms with E-state index in [4.69, 9.17) is 9.73 Å². The zero-order valence-electron chi connectivity index (χ0n) is 17.5. The predicted octanol–water partition coefficient (Wildman–Crippen LogP) is 2.91. The number of aliphatic hydroxyl groups is 2. The molecule has 1 saturated carbocycles. The van der Waals surface area contributed by atoms with Crippen LogP contribution in [0.4, 0.5) is 5.82 Å². The number of aromatic nitrogens is 5. The van der Waals surface area contributed by atoms with Crippen molar-refractivity contribution >= 4 is 21.9 Å². The highest BCUT2D eigenvalue weighted by atomic mass is 32.2. The molecule has 0 radical (unpaired) electrons. The van der Waals surface area contributed by atoms with Crippen molar-refractivity contribution in [3.63, 3.8) is 0 Å². The molecular weight excluding hydrogens is 416 g/mol. The van der Waals surface area contributed by atoms with Crippen LogP contribution in [-0.2, 0) is 0 Å². The van der Waals surface area contributed by atoms with Gasteiger partial charge >= 0.3 is 0 Å². The molecule has 2 aromatic heterocycles. The van der Waals surface area contributed by atoms with E-state index in [2.05, 4.69) is 15.3 Å². The summed E-state index contributed by atoms with van der Waals surface area (Å²) in [6.07, 6.45) is 8.03. The lowest BCUT2D eigenvalue weighted by Gasteiger charge is -2.24. The molecule has 164 valence electrons. The Hall–Kier alpha value is -2.69. The smallest absolute Gasteiger partial charge is 0.162 e. The van der Waals surface area contributed by atoms with E-state index in [0.29, 0.717) is 24.6 Å². The molecule has 2 atom stereocenters. The number of thiol groups is 1. The summed E-state index contributed by atoms with van der Waals surface area (Å²) in [5.74, 6) is 1.99. The van der Waals surface area contributed by atoms with E-state index in [0.717, 1.165) is 35.1 Å². The molecule has 31 heavy (non-hydrogen) atoms. The van der Waals surface area contributed by atoms with Gasteiger partial charge in [-0.25, -0.2) is 14.7 Å². The fraction of sp³-hybridized carbons (Fsp3) is 0.429. The Balaban J connectivity index is 1.29. The van der Waals surface area contributed by atoms with Gasteiger partial charge in [-0.2, -0.15) is 0 Å². The van der Waals surface area contributed by atoms with Gasteiger partial charge in [0.25, 0.3) is 0 Å². The van der Waals surface area contributed by atoms with Crippen molar-refractivity contribution in [2.45, 2.75) is 44.1 Å². The zero-order valence-corrected chi connectivity index (χ0v) is 18.4. The quantitative estimate of drug-likeness (QED) is 0.463. The molecule has 10 heteroatoms. The lowest BCUT2D eigenvalue weighted by atomic mass is 10.1. The molecule has 2 unspecified atom stereocenters. The second-order valence-corrected chi connectivity index (χ2v) is 10.6. The van der Waals surface area contributed by atoms with Crippen LogP contribution >= 0.6 is 11.1 Å². The monoisotopic (exact) mass is 442 g/mol. The van der Waals surface area contributed by atoms with E-state index in [1.807, 2.05) is 28.2 Å². The molecule has 2 N–H and O–H groups in total.